The minimum Gasteiger partial charge on any atom is -0.465 e. The molecule has 10 rings (SSSR count). The van der Waals surface area contributed by atoms with Gasteiger partial charge in [0.05, 0.1) is 31.1 Å². The molecular formula is C44H58N8O6. The molecule has 7 aliphatic rings. The highest BCUT2D eigenvalue weighted by molar-refractivity contribution is 5.88. The van der Waals surface area contributed by atoms with Gasteiger partial charge in [-0.3, -0.25) is 14.5 Å². The lowest BCUT2D eigenvalue weighted by molar-refractivity contribution is -0.140. The number of carbonyl (C=O) groups excluding carboxylic acids is 3. The zero-order valence-corrected chi connectivity index (χ0v) is 34.5. The second kappa shape index (κ2) is 14.1. The number of methoxy groups -OCH3 is 1. The number of hydrogen-bond donors (Lipinski definition) is 4. The van der Waals surface area contributed by atoms with E-state index in [9.17, 15) is 24.3 Å². The van der Waals surface area contributed by atoms with Crippen molar-refractivity contribution >= 4 is 24.0 Å². The molecule has 2 aromatic heterocycles. The second-order valence-electron chi connectivity index (χ2n) is 19.1. The van der Waals surface area contributed by atoms with Crippen molar-refractivity contribution in [3.8, 4) is 11.3 Å². The number of aromatic amines is 2. The first kappa shape index (κ1) is 38.6. The lowest BCUT2D eigenvalue weighted by Gasteiger charge is -2.53. The van der Waals surface area contributed by atoms with E-state index in [1.165, 1.54) is 25.4 Å². The van der Waals surface area contributed by atoms with E-state index in [2.05, 4.69) is 39.6 Å². The molecule has 4 heterocycles. The average Bonchev–Trinajstić information content (AvgIpc) is 3.80. The fourth-order valence-electron chi connectivity index (χ4n) is 11.5. The molecule has 7 fully saturated rings. The van der Waals surface area contributed by atoms with Gasteiger partial charge in [-0.05, 0) is 104 Å². The number of fused-ring (bicyclic) bond motifs is 5. The summed E-state index contributed by atoms with van der Waals surface area (Å²) in [4.78, 5) is 73.8. The fourth-order valence-corrected chi connectivity index (χ4v) is 11.5. The Labute approximate surface area is 339 Å². The van der Waals surface area contributed by atoms with Gasteiger partial charge in [-0.25, -0.2) is 19.6 Å². The lowest BCUT2D eigenvalue weighted by Crippen LogP contribution is -2.52. The van der Waals surface area contributed by atoms with Crippen molar-refractivity contribution in [2.75, 3.05) is 14.2 Å². The van der Waals surface area contributed by atoms with Crippen LogP contribution < -0.4 is 5.32 Å². The van der Waals surface area contributed by atoms with Gasteiger partial charge in [-0.2, -0.15) is 0 Å². The SMILES string of the molecule is COC(=O)N[C@H](C(=O)N1[C@@H]2C[C@H]2C[C@H]1c1ncc(C23CCC(c4ccc(-c5cnc([C@@H]6C[C@H]7C[C@H]7N6C(=O)[C@H](C(C)C)N(C)C(=O)O)[nH]5)cc4)(CC2)CC3)[nH]1)C(C)C. The number of rotatable bonds is 11. The van der Waals surface area contributed by atoms with Crippen LogP contribution in [0.25, 0.3) is 11.3 Å². The van der Waals surface area contributed by atoms with Gasteiger partial charge < -0.3 is 34.9 Å². The molecule has 4 amide bonds. The molecule has 0 spiro atoms. The number of benzene rings is 1. The van der Waals surface area contributed by atoms with E-state index in [-0.39, 0.29) is 58.6 Å². The number of carboxylic acid groups (broad SMARTS) is 1. The van der Waals surface area contributed by atoms with Crippen molar-refractivity contribution in [3.63, 3.8) is 0 Å². The van der Waals surface area contributed by atoms with Crippen molar-refractivity contribution in [1.82, 2.24) is 40.0 Å². The summed E-state index contributed by atoms with van der Waals surface area (Å²) in [5, 5.41) is 12.5. The van der Waals surface area contributed by atoms with Crippen LogP contribution in [0.2, 0.25) is 0 Å². The number of aromatic nitrogens is 4. The van der Waals surface area contributed by atoms with Crippen LogP contribution in [0.1, 0.15) is 127 Å². The van der Waals surface area contributed by atoms with E-state index in [0.717, 1.165) is 92.0 Å². The molecule has 0 unspecified atom stereocenters. The van der Waals surface area contributed by atoms with Crippen LogP contribution in [0.5, 0.6) is 0 Å². The summed E-state index contributed by atoms with van der Waals surface area (Å²) < 4.78 is 4.83. The Morgan fingerprint density at radius 2 is 1.34 bits per heavy atom. The van der Waals surface area contributed by atoms with Crippen molar-refractivity contribution in [3.05, 3.63) is 59.6 Å². The first-order valence-corrected chi connectivity index (χ1v) is 21.4. The summed E-state index contributed by atoms with van der Waals surface area (Å²) in [5.74, 6) is 2.11. The number of carbonyl (C=O) groups is 4. The van der Waals surface area contributed by atoms with Crippen LogP contribution >= 0.6 is 0 Å². The van der Waals surface area contributed by atoms with Crippen LogP contribution in [-0.4, -0.2) is 102 Å². The molecule has 4 N–H and O–H groups in total. The van der Waals surface area contributed by atoms with Gasteiger partial charge in [-0.15, -0.1) is 0 Å². The number of amides is 4. The Morgan fingerprint density at radius 3 is 1.90 bits per heavy atom. The van der Waals surface area contributed by atoms with E-state index in [0.29, 0.717) is 11.8 Å². The van der Waals surface area contributed by atoms with Crippen molar-refractivity contribution in [2.24, 2.45) is 23.7 Å². The first-order valence-electron chi connectivity index (χ1n) is 21.4. The van der Waals surface area contributed by atoms with Gasteiger partial charge in [0.25, 0.3) is 0 Å². The highest BCUT2D eigenvalue weighted by atomic mass is 16.5. The molecule has 2 aliphatic heterocycles. The minimum atomic E-state index is -1.10. The third kappa shape index (κ3) is 6.36. The van der Waals surface area contributed by atoms with E-state index in [1.807, 2.05) is 49.9 Å². The summed E-state index contributed by atoms with van der Waals surface area (Å²) in [5.41, 5.74) is 4.72. The zero-order valence-electron chi connectivity index (χ0n) is 34.5. The zero-order chi connectivity index (χ0) is 40.8. The molecule has 58 heavy (non-hydrogen) atoms. The number of hydrogen-bond acceptors (Lipinski definition) is 7. The molecule has 8 atom stereocenters. The lowest BCUT2D eigenvalue weighted by atomic mass is 9.51. The van der Waals surface area contributed by atoms with Crippen LogP contribution in [0, 0.1) is 23.7 Å². The van der Waals surface area contributed by atoms with Crippen LogP contribution in [0.3, 0.4) is 0 Å². The maximum absolute atomic E-state index is 13.9. The second-order valence-corrected chi connectivity index (χ2v) is 19.1. The van der Waals surface area contributed by atoms with Crippen molar-refractivity contribution < 1.29 is 29.0 Å². The monoisotopic (exact) mass is 794 g/mol. The quantitative estimate of drug-likeness (QED) is 0.166. The number of H-pyrrole nitrogens is 2. The number of alkyl carbamates (subject to hydrolysis) is 1. The number of ether oxygens (including phenoxy) is 1. The maximum atomic E-state index is 13.9. The first-order chi connectivity index (χ1) is 27.7. The highest BCUT2D eigenvalue weighted by Gasteiger charge is 2.58. The highest BCUT2D eigenvalue weighted by Crippen LogP contribution is 2.59. The van der Waals surface area contributed by atoms with Gasteiger partial charge >= 0.3 is 12.2 Å². The van der Waals surface area contributed by atoms with Gasteiger partial charge in [0.1, 0.15) is 23.7 Å². The summed E-state index contributed by atoms with van der Waals surface area (Å²) in [6.45, 7) is 7.68. The fraction of sp³-hybridized carbons (Fsp3) is 0.636. The van der Waals surface area contributed by atoms with Crippen LogP contribution in [0.4, 0.5) is 9.59 Å². The molecule has 3 aromatic rings. The molecule has 2 bridgehead atoms. The molecule has 14 nitrogen and oxygen atoms in total. The Hall–Kier alpha value is -4.88. The molecule has 5 aliphatic carbocycles. The molecule has 14 heteroatoms. The number of likely N-dealkylation sites (tertiary alicyclic amines) is 2. The van der Waals surface area contributed by atoms with Crippen LogP contribution in [0.15, 0.2) is 36.7 Å². The molecule has 0 radical (unpaired) electrons. The number of likely N-dealkylation sites (N-methyl/N-ethyl adjacent to an activating group) is 1. The largest absolute Gasteiger partial charge is 0.465 e. The Morgan fingerprint density at radius 1 is 0.793 bits per heavy atom. The van der Waals surface area contributed by atoms with E-state index in [4.69, 9.17) is 14.7 Å². The number of piperidine rings is 2. The summed E-state index contributed by atoms with van der Waals surface area (Å²) >= 11 is 0. The molecule has 5 saturated carbocycles. The number of nitrogens with one attached hydrogen (secondary N) is 3. The number of nitrogens with zero attached hydrogens (tertiary/aromatic N) is 5. The summed E-state index contributed by atoms with van der Waals surface area (Å²) in [7, 11) is 2.80. The molecule has 310 valence electrons. The van der Waals surface area contributed by atoms with E-state index >= 15 is 0 Å². The van der Waals surface area contributed by atoms with Gasteiger partial charge in [0.2, 0.25) is 11.8 Å². The molecule has 1 aromatic carbocycles. The predicted octanol–water partition coefficient (Wildman–Crippen LogP) is 6.68. The van der Waals surface area contributed by atoms with Gasteiger partial charge in [0.15, 0.2) is 0 Å². The Kier molecular flexibility index (Phi) is 9.42. The predicted molar refractivity (Wildman–Crippen MR) is 214 cm³/mol. The molecular weight excluding hydrogens is 737 g/mol. The van der Waals surface area contributed by atoms with Crippen LogP contribution in [-0.2, 0) is 25.2 Å². The van der Waals surface area contributed by atoms with Gasteiger partial charge in [-0.1, -0.05) is 52.0 Å². The molecule has 2 saturated heterocycles. The van der Waals surface area contributed by atoms with Crippen molar-refractivity contribution in [1.29, 1.82) is 0 Å². The number of imidazole rings is 2. The minimum absolute atomic E-state index is 0.0524. The Balaban J connectivity index is 0.861. The standard InChI is InChI=1S/C44H58N8O6/c1-23(2)35(49-41(55)58-6)39(53)51-30-17-26(30)20-33(51)38-46-22-34(48-38)44-14-11-43(12-15-44,13-16-44)28-9-7-25(8-10-28)29-21-45-37(47-29)32-19-27-18-31(27)52(32)40(54)36(24(3)4)50(5)42(56)57/h7-10,21-24,26-27,30-33,35-36H,11-20H2,1-6H3,(H,45,47)(H,46,48)(H,49,55)(H,56,57)/t26-,27+,30+,31+,32-,33-,35-,36-,43?,44?/m0/s1. The summed E-state index contributed by atoms with van der Waals surface area (Å²) in [6.07, 6.45) is 12.4. The third-order valence-corrected chi connectivity index (χ3v) is 15.2. The summed E-state index contributed by atoms with van der Waals surface area (Å²) in [6, 6.07) is 7.59. The third-order valence-electron chi connectivity index (χ3n) is 15.2. The smallest absolute Gasteiger partial charge is 0.407 e. The maximum Gasteiger partial charge on any atom is 0.407 e. The topological polar surface area (TPSA) is 177 Å². The van der Waals surface area contributed by atoms with Crippen molar-refractivity contribution in [2.45, 2.75) is 139 Å². The normalized spacial score (nSPS) is 31.5. The average molecular weight is 795 g/mol. The van der Waals surface area contributed by atoms with Gasteiger partial charge in [0, 0.05) is 36.4 Å². The van der Waals surface area contributed by atoms with E-state index in [1.54, 1.807) is 0 Å². The Bertz CT molecular complexity index is 2070. The van der Waals surface area contributed by atoms with E-state index < -0.39 is 24.3 Å².